The Kier molecular flexibility index (Phi) is 4.31. The summed E-state index contributed by atoms with van der Waals surface area (Å²) < 4.78 is 1.67. The number of oxime groups is 1. The summed E-state index contributed by atoms with van der Waals surface area (Å²) in [5, 5.41) is 19.1. The Morgan fingerprint density at radius 1 is 1.45 bits per heavy atom. The number of nitrogens with two attached hydrogens (primary N) is 1. The van der Waals surface area contributed by atoms with Gasteiger partial charge in [0.1, 0.15) is 6.33 Å². The number of hydrogen-bond acceptors (Lipinski definition) is 5. The molecule has 1 heterocycles. The average molecular weight is 274 g/mol. The first kappa shape index (κ1) is 14.0. The van der Waals surface area contributed by atoms with Gasteiger partial charge in [-0.2, -0.15) is 5.10 Å². The predicted octanol–water partition coefficient (Wildman–Crippen LogP) is 0.508. The van der Waals surface area contributed by atoms with E-state index in [0.29, 0.717) is 18.7 Å². The summed E-state index contributed by atoms with van der Waals surface area (Å²) in [6.07, 6.45) is 1.67. The zero-order valence-corrected chi connectivity index (χ0v) is 11.5. The van der Waals surface area contributed by atoms with Crippen LogP contribution in [0.5, 0.6) is 0 Å². The van der Waals surface area contributed by atoms with Gasteiger partial charge in [-0.3, -0.25) is 4.68 Å². The molecule has 1 aromatic carbocycles. The molecule has 20 heavy (non-hydrogen) atoms. The van der Waals surface area contributed by atoms with Crippen molar-refractivity contribution in [2.75, 3.05) is 0 Å². The van der Waals surface area contributed by atoms with Gasteiger partial charge in [-0.1, -0.05) is 17.3 Å². The molecule has 0 bridgehead atoms. The lowest BCUT2D eigenvalue weighted by atomic mass is 10.0. The first-order chi connectivity index (χ1) is 9.60. The molecule has 0 radical (unpaired) electrons. The third-order valence-electron chi connectivity index (χ3n) is 2.99. The number of aromatic nitrogens is 3. The van der Waals surface area contributed by atoms with Crippen LogP contribution in [-0.4, -0.2) is 25.8 Å². The van der Waals surface area contributed by atoms with Crippen LogP contribution < -0.4 is 11.1 Å². The molecule has 4 N–H and O–H groups in total. The zero-order chi connectivity index (χ0) is 14.5. The molecule has 0 saturated heterocycles. The van der Waals surface area contributed by atoms with Crippen LogP contribution >= 0.6 is 0 Å². The summed E-state index contributed by atoms with van der Waals surface area (Å²) in [6.45, 7) is 3.31. The van der Waals surface area contributed by atoms with Crippen LogP contribution in [0.15, 0.2) is 29.7 Å². The second-order valence-electron chi connectivity index (χ2n) is 4.56. The molecule has 0 atom stereocenters. The highest BCUT2D eigenvalue weighted by Gasteiger charge is 2.04. The quantitative estimate of drug-likeness (QED) is 0.319. The van der Waals surface area contributed by atoms with Crippen molar-refractivity contribution < 1.29 is 5.21 Å². The fraction of sp³-hybridized carbons (Fsp3) is 0.308. The molecular formula is C13H18N6O. The molecule has 0 spiro atoms. The summed E-state index contributed by atoms with van der Waals surface area (Å²) >= 11 is 0. The molecule has 0 saturated carbocycles. The maximum atomic E-state index is 8.65. The van der Waals surface area contributed by atoms with Crippen molar-refractivity contribution in [3.8, 4) is 0 Å². The largest absolute Gasteiger partial charge is 0.409 e. The van der Waals surface area contributed by atoms with E-state index >= 15 is 0 Å². The molecule has 0 unspecified atom stereocenters. The van der Waals surface area contributed by atoms with E-state index in [1.54, 1.807) is 11.0 Å². The average Bonchev–Trinajstić information content (AvgIpc) is 2.85. The van der Waals surface area contributed by atoms with E-state index in [9.17, 15) is 0 Å². The van der Waals surface area contributed by atoms with Crippen LogP contribution in [0, 0.1) is 6.92 Å². The number of nitrogens with one attached hydrogen (secondary N) is 1. The fourth-order valence-corrected chi connectivity index (χ4v) is 1.89. The zero-order valence-electron chi connectivity index (χ0n) is 11.5. The molecule has 7 nitrogen and oxygen atoms in total. The van der Waals surface area contributed by atoms with Gasteiger partial charge >= 0.3 is 0 Å². The lowest BCUT2D eigenvalue weighted by Gasteiger charge is -2.08. The van der Waals surface area contributed by atoms with Gasteiger partial charge < -0.3 is 16.3 Å². The molecule has 1 aromatic heterocycles. The number of nitrogens with zero attached hydrogens (tertiary/aromatic N) is 4. The second-order valence-corrected chi connectivity index (χ2v) is 4.56. The number of amidine groups is 1. The molecule has 106 valence electrons. The van der Waals surface area contributed by atoms with Crippen LogP contribution in [-0.2, 0) is 20.1 Å². The predicted molar refractivity (Wildman–Crippen MR) is 75.2 cm³/mol. The van der Waals surface area contributed by atoms with Crippen molar-refractivity contribution in [2.45, 2.75) is 20.0 Å². The van der Waals surface area contributed by atoms with Crippen molar-refractivity contribution in [2.24, 2.45) is 17.9 Å². The molecular weight excluding hydrogens is 256 g/mol. The van der Waals surface area contributed by atoms with Gasteiger partial charge in [-0.05, 0) is 24.1 Å². The van der Waals surface area contributed by atoms with Gasteiger partial charge in [-0.15, -0.1) is 0 Å². The minimum Gasteiger partial charge on any atom is -0.409 e. The van der Waals surface area contributed by atoms with Crippen LogP contribution in [0.3, 0.4) is 0 Å². The third kappa shape index (κ3) is 3.33. The number of hydrogen-bond donors (Lipinski definition) is 3. The standard InChI is InChI=1S/C13H18N6O/c1-9-5-10(13(14)18-20)3-4-11(9)6-15-7-12-16-8-19(2)17-12/h3-5,8,15,20H,6-7H2,1-2H3,(H2,14,18). The first-order valence-electron chi connectivity index (χ1n) is 6.23. The minimum atomic E-state index is 0.116. The summed E-state index contributed by atoms with van der Waals surface area (Å²) in [4.78, 5) is 4.15. The fourth-order valence-electron chi connectivity index (χ4n) is 1.89. The van der Waals surface area contributed by atoms with E-state index in [2.05, 4.69) is 20.6 Å². The normalized spacial score (nSPS) is 11.8. The first-order valence-corrected chi connectivity index (χ1v) is 6.23. The van der Waals surface area contributed by atoms with E-state index in [0.717, 1.165) is 17.0 Å². The molecule has 2 aromatic rings. The Labute approximate surface area is 117 Å². The third-order valence-corrected chi connectivity index (χ3v) is 2.99. The SMILES string of the molecule is Cc1cc(/C(N)=N/O)ccc1CNCc1ncn(C)n1. The van der Waals surface area contributed by atoms with Crippen LogP contribution in [0.1, 0.15) is 22.5 Å². The lowest BCUT2D eigenvalue weighted by molar-refractivity contribution is 0.318. The molecule has 2 rings (SSSR count). The molecule has 0 amide bonds. The summed E-state index contributed by atoms with van der Waals surface area (Å²) in [5.74, 6) is 0.878. The number of rotatable bonds is 5. The van der Waals surface area contributed by atoms with Gasteiger partial charge in [0.25, 0.3) is 0 Å². The lowest BCUT2D eigenvalue weighted by Crippen LogP contribution is -2.16. The smallest absolute Gasteiger partial charge is 0.170 e. The Balaban J connectivity index is 1.96. The molecule has 0 aliphatic rings. The molecule has 0 aliphatic heterocycles. The number of benzene rings is 1. The maximum Gasteiger partial charge on any atom is 0.170 e. The highest BCUT2D eigenvalue weighted by molar-refractivity contribution is 5.97. The van der Waals surface area contributed by atoms with Crippen molar-refractivity contribution >= 4 is 5.84 Å². The van der Waals surface area contributed by atoms with E-state index < -0.39 is 0 Å². The number of aryl methyl sites for hydroxylation is 2. The molecule has 7 heteroatoms. The van der Waals surface area contributed by atoms with Gasteiger partial charge in [0, 0.05) is 19.2 Å². The Morgan fingerprint density at radius 2 is 2.25 bits per heavy atom. The summed E-state index contributed by atoms with van der Waals surface area (Å²) in [6, 6.07) is 5.69. The highest BCUT2D eigenvalue weighted by Crippen LogP contribution is 2.11. The summed E-state index contributed by atoms with van der Waals surface area (Å²) in [5.41, 5.74) is 8.49. The molecule has 0 aliphatic carbocycles. The Bertz CT molecular complexity index is 619. The van der Waals surface area contributed by atoms with Gasteiger partial charge in [-0.25, -0.2) is 4.98 Å². The van der Waals surface area contributed by atoms with Crippen molar-refractivity contribution in [3.63, 3.8) is 0 Å². The van der Waals surface area contributed by atoms with Crippen LogP contribution in [0.4, 0.5) is 0 Å². The van der Waals surface area contributed by atoms with E-state index in [4.69, 9.17) is 10.9 Å². The van der Waals surface area contributed by atoms with E-state index in [1.807, 2.05) is 32.2 Å². The highest BCUT2D eigenvalue weighted by atomic mass is 16.4. The second kappa shape index (κ2) is 6.16. The Hall–Kier alpha value is -2.41. The monoisotopic (exact) mass is 274 g/mol. The van der Waals surface area contributed by atoms with E-state index in [-0.39, 0.29) is 5.84 Å². The summed E-state index contributed by atoms with van der Waals surface area (Å²) in [7, 11) is 1.84. The van der Waals surface area contributed by atoms with Crippen LogP contribution in [0.2, 0.25) is 0 Å². The van der Waals surface area contributed by atoms with Gasteiger partial charge in [0.15, 0.2) is 11.7 Å². The van der Waals surface area contributed by atoms with E-state index in [1.165, 1.54) is 0 Å². The van der Waals surface area contributed by atoms with Crippen molar-refractivity contribution in [3.05, 3.63) is 47.0 Å². The van der Waals surface area contributed by atoms with Crippen molar-refractivity contribution in [1.29, 1.82) is 0 Å². The van der Waals surface area contributed by atoms with Gasteiger partial charge in [0.2, 0.25) is 0 Å². The molecule has 0 fully saturated rings. The van der Waals surface area contributed by atoms with Crippen LogP contribution in [0.25, 0.3) is 0 Å². The topological polar surface area (TPSA) is 101 Å². The van der Waals surface area contributed by atoms with Crippen molar-refractivity contribution in [1.82, 2.24) is 20.1 Å². The van der Waals surface area contributed by atoms with Gasteiger partial charge in [0.05, 0.1) is 6.54 Å². The Morgan fingerprint density at radius 3 is 2.85 bits per heavy atom. The minimum absolute atomic E-state index is 0.116. The maximum absolute atomic E-state index is 8.65.